The molecule has 25 heavy (non-hydrogen) atoms. The van der Waals surface area contributed by atoms with Crippen molar-refractivity contribution in [2.24, 2.45) is 0 Å². The van der Waals surface area contributed by atoms with E-state index in [1.54, 1.807) is 31.5 Å². The number of carbonyl (C=O) groups is 1. The van der Waals surface area contributed by atoms with Crippen LogP contribution < -0.4 is 14.8 Å². The van der Waals surface area contributed by atoms with E-state index in [1.807, 2.05) is 43.3 Å². The van der Waals surface area contributed by atoms with Gasteiger partial charge in [0.15, 0.2) is 0 Å². The molecule has 0 aliphatic heterocycles. The summed E-state index contributed by atoms with van der Waals surface area (Å²) >= 11 is 0. The van der Waals surface area contributed by atoms with E-state index < -0.39 is 0 Å². The number of nitrogens with zero attached hydrogens (tertiary/aromatic N) is 2. The van der Waals surface area contributed by atoms with Crippen LogP contribution in [0.5, 0.6) is 11.5 Å². The standard InChI is InChI=1S/C19H25N3O3/c1-15(16-7-4-8-17(13-16)24-3)22(2)19(23)21-11-6-12-25-18-9-5-10-20-14-18/h4-5,7-10,13-15H,6,11-12H2,1-3H3,(H,21,23)/t15-/m0/s1. The molecule has 1 N–H and O–H groups in total. The molecule has 1 atom stereocenters. The minimum atomic E-state index is -0.114. The van der Waals surface area contributed by atoms with Gasteiger partial charge in [-0.3, -0.25) is 4.98 Å². The van der Waals surface area contributed by atoms with Gasteiger partial charge < -0.3 is 19.7 Å². The second-order valence-electron chi connectivity index (χ2n) is 5.69. The smallest absolute Gasteiger partial charge is 0.317 e. The van der Waals surface area contributed by atoms with Crippen molar-refractivity contribution in [1.29, 1.82) is 0 Å². The maximum Gasteiger partial charge on any atom is 0.317 e. The number of amides is 2. The van der Waals surface area contributed by atoms with Crippen LogP contribution in [0.4, 0.5) is 4.79 Å². The van der Waals surface area contributed by atoms with Gasteiger partial charge in [0, 0.05) is 19.8 Å². The van der Waals surface area contributed by atoms with Crippen molar-refractivity contribution in [3.63, 3.8) is 0 Å². The molecule has 2 amide bonds. The Kier molecular flexibility index (Phi) is 7.07. The highest BCUT2D eigenvalue weighted by molar-refractivity contribution is 5.74. The fourth-order valence-electron chi connectivity index (χ4n) is 2.32. The molecule has 6 heteroatoms. The molecule has 134 valence electrons. The minimum Gasteiger partial charge on any atom is -0.497 e. The number of nitrogens with one attached hydrogen (secondary N) is 1. The molecule has 2 rings (SSSR count). The predicted octanol–water partition coefficient (Wildman–Crippen LogP) is 3.26. The summed E-state index contributed by atoms with van der Waals surface area (Å²) in [6.07, 6.45) is 4.09. The number of aromatic nitrogens is 1. The molecule has 1 heterocycles. The molecular formula is C19H25N3O3. The summed E-state index contributed by atoms with van der Waals surface area (Å²) in [6.45, 7) is 3.06. The third-order valence-electron chi connectivity index (χ3n) is 3.98. The molecule has 0 saturated carbocycles. The molecule has 1 aromatic heterocycles. The summed E-state index contributed by atoms with van der Waals surface area (Å²) in [5.41, 5.74) is 1.02. The maximum atomic E-state index is 12.3. The number of hydrogen-bond donors (Lipinski definition) is 1. The Labute approximate surface area is 148 Å². The summed E-state index contributed by atoms with van der Waals surface area (Å²) in [5.74, 6) is 1.52. The van der Waals surface area contributed by atoms with E-state index >= 15 is 0 Å². The molecule has 0 aliphatic rings. The Morgan fingerprint density at radius 1 is 1.28 bits per heavy atom. The van der Waals surface area contributed by atoms with Gasteiger partial charge in [-0.2, -0.15) is 0 Å². The lowest BCUT2D eigenvalue weighted by Gasteiger charge is -2.26. The monoisotopic (exact) mass is 343 g/mol. The lowest BCUT2D eigenvalue weighted by Crippen LogP contribution is -2.39. The van der Waals surface area contributed by atoms with Gasteiger partial charge in [-0.25, -0.2) is 4.79 Å². The summed E-state index contributed by atoms with van der Waals surface area (Å²) in [5, 5.41) is 2.91. The van der Waals surface area contributed by atoms with E-state index in [9.17, 15) is 4.79 Å². The number of carbonyl (C=O) groups excluding carboxylic acids is 1. The molecule has 0 saturated heterocycles. The van der Waals surface area contributed by atoms with Crippen LogP contribution >= 0.6 is 0 Å². The lowest BCUT2D eigenvalue weighted by atomic mass is 10.1. The summed E-state index contributed by atoms with van der Waals surface area (Å²) in [4.78, 5) is 17.9. The van der Waals surface area contributed by atoms with Crippen molar-refractivity contribution < 1.29 is 14.3 Å². The van der Waals surface area contributed by atoms with Crippen molar-refractivity contribution >= 4 is 6.03 Å². The fourth-order valence-corrected chi connectivity index (χ4v) is 2.32. The zero-order valence-corrected chi connectivity index (χ0v) is 14.9. The number of rotatable bonds is 8. The van der Waals surface area contributed by atoms with Crippen molar-refractivity contribution in [1.82, 2.24) is 15.2 Å². The van der Waals surface area contributed by atoms with Crippen LogP contribution in [-0.2, 0) is 0 Å². The van der Waals surface area contributed by atoms with Gasteiger partial charge in [0.05, 0.1) is 26.0 Å². The van der Waals surface area contributed by atoms with E-state index in [0.29, 0.717) is 13.2 Å². The van der Waals surface area contributed by atoms with Crippen molar-refractivity contribution in [2.45, 2.75) is 19.4 Å². The van der Waals surface area contributed by atoms with E-state index in [2.05, 4.69) is 10.3 Å². The Hall–Kier alpha value is -2.76. The highest BCUT2D eigenvalue weighted by atomic mass is 16.5. The highest BCUT2D eigenvalue weighted by Gasteiger charge is 2.17. The average Bonchev–Trinajstić information content (AvgIpc) is 2.67. The molecule has 6 nitrogen and oxygen atoms in total. The maximum absolute atomic E-state index is 12.3. The summed E-state index contributed by atoms with van der Waals surface area (Å²) in [6, 6.07) is 11.2. The van der Waals surface area contributed by atoms with Crippen LogP contribution in [-0.4, -0.2) is 43.2 Å². The Balaban J connectivity index is 1.73. The number of methoxy groups -OCH3 is 1. The van der Waals surface area contributed by atoms with Gasteiger partial charge in [0.1, 0.15) is 11.5 Å². The lowest BCUT2D eigenvalue weighted by molar-refractivity contribution is 0.193. The Morgan fingerprint density at radius 3 is 2.80 bits per heavy atom. The van der Waals surface area contributed by atoms with Crippen LogP contribution in [0.3, 0.4) is 0 Å². The molecule has 0 unspecified atom stereocenters. The largest absolute Gasteiger partial charge is 0.497 e. The molecule has 1 aromatic carbocycles. The van der Waals surface area contributed by atoms with Gasteiger partial charge in [0.2, 0.25) is 0 Å². The van der Waals surface area contributed by atoms with Crippen LogP contribution in [0.15, 0.2) is 48.8 Å². The van der Waals surface area contributed by atoms with E-state index in [1.165, 1.54) is 0 Å². The molecule has 0 radical (unpaired) electrons. The first kappa shape index (κ1) is 18.6. The number of ether oxygens (including phenoxy) is 2. The Bertz CT molecular complexity index is 664. The molecule has 0 bridgehead atoms. The van der Waals surface area contributed by atoms with Crippen LogP contribution in [0.1, 0.15) is 24.9 Å². The van der Waals surface area contributed by atoms with Crippen LogP contribution in [0.2, 0.25) is 0 Å². The number of benzene rings is 1. The minimum absolute atomic E-state index is 0.0539. The predicted molar refractivity (Wildman–Crippen MR) is 96.9 cm³/mol. The molecular weight excluding hydrogens is 318 g/mol. The van der Waals surface area contributed by atoms with Gasteiger partial charge in [-0.15, -0.1) is 0 Å². The van der Waals surface area contributed by atoms with E-state index in [4.69, 9.17) is 9.47 Å². The first-order valence-corrected chi connectivity index (χ1v) is 8.29. The average molecular weight is 343 g/mol. The first-order valence-electron chi connectivity index (χ1n) is 8.29. The second-order valence-corrected chi connectivity index (χ2v) is 5.69. The highest BCUT2D eigenvalue weighted by Crippen LogP contribution is 2.22. The number of urea groups is 1. The van der Waals surface area contributed by atoms with Gasteiger partial charge >= 0.3 is 6.03 Å². The normalized spacial score (nSPS) is 11.5. The van der Waals surface area contributed by atoms with Crippen LogP contribution in [0, 0.1) is 0 Å². The van der Waals surface area contributed by atoms with E-state index in [-0.39, 0.29) is 12.1 Å². The molecule has 0 aliphatic carbocycles. The van der Waals surface area contributed by atoms with Crippen LogP contribution in [0.25, 0.3) is 0 Å². The first-order chi connectivity index (χ1) is 12.1. The zero-order chi connectivity index (χ0) is 18.1. The van der Waals surface area contributed by atoms with Gasteiger partial charge in [-0.1, -0.05) is 12.1 Å². The third kappa shape index (κ3) is 5.67. The quantitative estimate of drug-likeness (QED) is 0.747. The van der Waals surface area contributed by atoms with Crippen molar-refractivity contribution in [2.75, 3.05) is 27.3 Å². The molecule has 0 spiro atoms. The fraction of sp³-hybridized carbons (Fsp3) is 0.368. The SMILES string of the molecule is COc1cccc([C@H](C)N(C)C(=O)NCCCOc2cccnc2)c1. The topological polar surface area (TPSA) is 63.7 Å². The van der Waals surface area contributed by atoms with Crippen molar-refractivity contribution in [3.05, 3.63) is 54.4 Å². The summed E-state index contributed by atoms with van der Waals surface area (Å²) in [7, 11) is 3.42. The Morgan fingerprint density at radius 2 is 2.08 bits per heavy atom. The zero-order valence-electron chi connectivity index (χ0n) is 14.9. The second kappa shape index (κ2) is 9.52. The number of pyridine rings is 1. The molecule has 2 aromatic rings. The summed E-state index contributed by atoms with van der Waals surface area (Å²) < 4.78 is 10.8. The molecule has 0 fully saturated rings. The van der Waals surface area contributed by atoms with Gasteiger partial charge in [-0.05, 0) is 43.2 Å². The van der Waals surface area contributed by atoms with Crippen molar-refractivity contribution in [3.8, 4) is 11.5 Å². The number of hydrogen-bond acceptors (Lipinski definition) is 4. The third-order valence-corrected chi connectivity index (χ3v) is 3.98. The van der Waals surface area contributed by atoms with E-state index in [0.717, 1.165) is 23.5 Å². The van der Waals surface area contributed by atoms with Gasteiger partial charge in [0.25, 0.3) is 0 Å².